The van der Waals surface area contributed by atoms with Gasteiger partial charge >= 0.3 is 0 Å². The van der Waals surface area contributed by atoms with E-state index in [9.17, 15) is 4.79 Å². The molecule has 0 aliphatic rings. The van der Waals surface area contributed by atoms with E-state index in [4.69, 9.17) is 10.5 Å². The van der Waals surface area contributed by atoms with Crippen molar-refractivity contribution in [1.29, 1.82) is 0 Å². The molecule has 0 spiro atoms. The molecule has 2 aromatic rings. The Balaban J connectivity index is 1.90. The molecule has 0 radical (unpaired) electrons. The molecule has 0 saturated carbocycles. The smallest absolute Gasteiger partial charge is 0.231 e. The van der Waals surface area contributed by atoms with Crippen LogP contribution in [0, 0.1) is 6.92 Å². The minimum Gasteiger partial charge on any atom is -0.491 e. The average Bonchev–Trinajstić information content (AvgIpc) is 2.58. The van der Waals surface area contributed by atoms with E-state index in [-0.39, 0.29) is 11.8 Å². The molecule has 2 N–H and O–H groups in total. The normalized spacial score (nSPS) is 11.8. The molecule has 23 heavy (non-hydrogen) atoms. The van der Waals surface area contributed by atoms with Gasteiger partial charge in [-0.3, -0.25) is 4.79 Å². The zero-order chi connectivity index (χ0) is 16.7. The number of amides is 1. The summed E-state index contributed by atoms with van der Waals surface area (Å²) in [6.45, 7) is 3.28. The Morgan fingerprint density at radius 3 is 2.43 bits per heavy atom. The summed E-state index contributed by atoms with van der Waals surface area (Å²) in [5.74, 6) is 0.568. The highest BCUT2D eigenvalue weighted by molar-refractivity contribution is 5.83. The Kier molecular flexibility index (Phi) is 6.18. The summed E-state index contributed by atoms with van der Waals surface area (Å²) in [6, 6.07) is 17.5. The quantitative estimate of drug-likeness (QED) is 0.855. The predicted octanol–water partition coefficient (Wildman–Crippen LogP) is 2.57. The van der Waals surface area contributed by atoms with Crippen LogP contribution in [-0.2, 0) is 4.79 Å². The van der Waals surface area contributed by atoms with E-state index in [1.807, 2.05) is 61.5 Å². The van der Waals surface area contributed by atoms with Crippen LogP contribution in [0.2, 0.25) is 0 Å². The number of carbonyl (C=O) groups is 1. The van der Waals surface area contributed by atoms with Crippen molar-refractivity contribution in [2.75, 3.05) is 26.7 Å². The minimum atomic E-state index is -0.306. The summed E-state index contributed by atoms with van der Waals surface area (Å²) in [4.78, 5) is 14.3. The van der Waals surface area contributed by atoms with Crippen LogP contribution in [0.3, 0.4) is 0 Å². The number of hydrogen-bond donors (Lipinski definition) is 1. The molecule has 0 fully saturated rings. The molecule has 0 saturated heterocycles. The van der Waals surface area contributed by atoms with Crippen LogP contribution in [0.15, 0.2) is 54.6 Å². The molecule has 2 rings (SSSR count). The van der Waals surface area contributed by atoms with Gasteiger partial charge in [0.15, 0.2) is 0 Å². The number of likely N-dealkylation sites (N-methyl/N-ethyl adjacent to an activating group) is 1. The first-order valence-corrected chi connectivity index (χ1v) is 7.82. The lowest BCUT2D eigenvalue weighted by Gasteiger charge is -2.23. The van der Waals surface area contributed by atoms with Crippen LogP contribution in [0.25, 0.3) is 0 Å². The highest BCUT2D eigenvalue weighted by Gasteiger charge is 2.22. The second-order valence-corrected chi connectivity index (χ2v) is 5.57. The van der Waals surface area contributed by atoms with Crippen molar-refractivity contribution in [1.82, 2.24) is 4.90 Å². The highest BCUT2D eigenvalue weighted by Crippen LogP contribution is 2.18. The second kappa shape index (κ2) is 8.34. The Morgan fingerprint density at radius 1 is 1.13 bits per heavy atom. The molecular weight excluding hydrogens is 288 g/mol. The number of nitrogens with zero attached hydrogens (tertiary/aromatic N) is 1. The number of benzene rings is 2. The van der Waals surface area contributed by atoms with Gasteiger partial charge in [-0.05, 0) is 24.1 Å². The maximum Gasteiger partial charge on any atom is 0.231 e. The molecule has 0 aromatic heterocycles. The fourth-order valence-corrected chi connectivity index (χ4v) is 2.45. The zero-order valence-corrected chi connectivity index (χ0v) is 13.7. The van der Waals surface area contributed by atoms with Gasteiger partial charge in [0.2, 0.25) is 5.91 Å². The summed E-state index contributed by atoms with van der Waals surface area (Å²) in [7, 11) is 1.79. The molecule has 4 nitrogen and oxygen atoms in total. The van der Waals surface area contributed by atoms with Crippen molar-refractivity contribution in [3.63, 3.8) is 0 Å². The van der Waals surface area contributed by atoms with Crippen LogP contribution < -0.4 is 10.5 Å². The van der Waals surface area contributed by atoms with Crippen LogP contribution in [0.1, 0.15) is 17.0 Å². The fraction of sp³-hybridized carbons (Fsp3) is 0.316. The maximum atomic E-state index is 12.6. The summed E-state index contributed by atoms with van der Waals surface area (Å²) >= 11 is 0. The molecule has 0 aliphatic heterocycles. The number of para-hydroxylation sites is 1. The lowest BCUT2D eigenvalue weighted by Crippen LogP contribution is -2.37. The third-order valence-corrected chi connectivity index (χ3v) is 3.89. The van der Waals surface area contributed by atoms with Crippen LogP contribution in [0.4, 0.5) is 0 Å². The van der Waals surface area contributed by atoms with Gasteiger partial charge in [-0.1, -0.05) is 48.5 Å². The minimum absolute atomic E-state index is 0.0204. The first-order valence-electron chi connectivity index (χ1n) is 7.82. The third-order valence-electron chi connectivity index (χ3n) is 3.89. The standard InChI is InChI=1S/C19H24N2O2/c1-15-8-6-7-11-18(15)23-13-12-21(2)19(22)17(14-20)16-9-4-3-5-10-16/h3-11,17H,12-14,20H2,1-2H3. The highest BCUT2D eigenvalue weighted by atomic mass is 16.5. The molecule has 1 amide bonds. The number of carbonyl (C=O) groups excluding carboxylic acids is 1. The van der Waals surface area contributed by atoms with Gasteiger partial charge in [-0.15, -0.1) is 0 Å². The summed E-state index contributed by atoms with van der Waals surface area (Å²) in [5.41, 5.74) is 7.84. The van der Waals surface area contributed by atoms with Crippen molar-refractivity contribution < 1.29 is 9.53 Å². The molecule has 1 atom stereocenters. The molecule has 0 bridgehead atoms. The number of nitrogens with two attached hydrogens (primary N) is 1. The van der Waals surface area contributed by atoms with Gasteiger partial charge in [-0.25, -0.2) is 0 Å². The Bertz CT molecular complexity index is 628. The van der Waals surface area contributed by atoms with Gasteiger partial charge in [0.05, 0.1) is 12.5 Å². The van der Waals surface area contributed by atoms with Gasteiger partial charge in [0.25, 0.3) is 0 Å². The van der Waals surface area contributed by atoms with E-state index >= 15 is 0 Å². The van der Waals surface area contributed by atoms with Crippen molar-refractivity contribution in [2.45, 2.75) is 12.8 Å². The number of ether oxygens (including phenoxy) is 1. The second-order valence-electron chi connectivity index (χ2n) is 5.57. The Labute approximate surface area is 137 Å². The summed E-state index contributed by atoms with van der Waals surface area (Å²) < 4.78 is 5.75. The monoisotopic (exact) mass is 312 g/mol. The van der Waals surface area contributed by atoms with E-state index < -0.39 is 0 Å². The van der Waals surface area contributed by atoms with Crippen LogP contribution >= 0.6 is 0 Å². The SMILES string of the molecule is Cc1ccccc1OCCN(C)C(=O)C(CN)c1ccccc1. The molecular formula is C19H24N2O2. The van der Waals surface area contributed by atoms with E-state index in [0.29, 0.717) is 19.7 Å². The van der Waals surface area contributed by atoms with E-state index in [0.717, 1.165) is 16.9 Å². The van der Waals surface area contributed by atoms with Crippen molar-refractivity contribution in [2.24, 2.45) is 5.73 Å². The van der Waals surface area contributed by atoms with Crippen molar-refractivity contribution in [3.05, 3.63) is 65.7 Å². The average molecular weight is 312 g/mol. The maximum absolute atomic E-state index is 12.6. The Hall–Kier alpha value is -2.33. The van der Waals surface area contributed by atoms with E-state index in [1.54, 1.807) is 11.9 Å². The number of aryl methyl sites for hydroxylation is 1. The third kappa shape index (κ3) is 4.57. The molecule has 2 aromatic carbocycles. The first kappa shape index (κ1) is 17.0. The van der Waals surface area contributed by atoms with Crippen molar-refractivity contribution in [3.8, 4) is 5.75 Å². The van der Waals surface area contributed by atoms with Gasteiger partial charge < -0.3 is 15.4 Å². The predicted molar refractivity (Wildman–Crippen MR) is 92.5 cm³/mol. The largest absolute Gasteiger partial charge is 0.491 e. The summed E-state index contributed by atoms with van der Waals surface area (Å²) in [5, 5.41) is 0. The van der Waals surface area contributed by atoms with E-state index in [2.05, 4.69) is 0 Å². The molecule has 0 heterocycles. The Morgan fingerprint density at radius 2 is 1.78 bits per heavy atom. The van der Waals surface area contributed by atoms with Gasteiger partial charge in [0.1, 0.15) is 12.4 Å². The molecule has 4 heteroatoms. The fourth-order valence-electron chi connectivity index (χ4n) is 2.45. The topological polar surface area (TPSA) is 55.6 Å². The first-order chi connectivity index (χ1) is 11.1. The lowest BCUT2D eigenvalue weighted by atomic mass is 9.98. The lowest BCUT2D eigenvalue weighted by molar-refractivity contribution is -0.131. The molecule has 1 unspecified atom stereocenters. The van der Waals surface area contributed by atoms with Crippen LogP contribution in [-0.4, -0.2) is 37.6 Å². The van der Waals surface area contributed by atoms with Gasteiger partial charge in [-0.2, -0.15) is 0 Å². The van der Waals surface area contributed by atoms with E-state index in [1.165, 1.54) is 0 Å². The zero-order valence-electron chi connectivity index (χ0n) is 13.7. The van der Waals surface area contributed by atoms with Gasteiger partial charge in [0, 0.05) is 13.6 Å². The molecule has 0 aliphatic carbocycles. The van der Waals surface area contributed by atoms with Crippen molar-refractivity contribution >= 4 is 5.91 Å². The number of hydrogen-bond acceptors (Lipinski definition) is 3. The summed E-state index contributed by atoms with van der Waals surface area (Å²) in [6.07, 6.45) is 0. The molecule has 122 valence electrons. The van der Waals surface area contributed by atoms with Crippen LogP contribution in [0.5, 0.6) is 5.75 Å². The number of rotatable bonds is 7.